The van der Waals surface area contributed by atoms with Gasteiger partial charge in [-0.15, -0.1) is 0 Å². The van der Waals surface area contributed by atoms with Gasteiger partial charge in [0.05, 0.1) is 5.56 Å². The quantitative estimate of drug-likeness (QED) is 0.906. The van der Waals surface area contributed by atoms with Crippen LogP contribution in [0.2, 0.25) is 0 Å². The maximum absolute atomic E-state index is 13.6. The maximum Gasteiger partial charge on any atom is 0.249 e. The molecule has 2 aromatic rings. The molecule has 0 aliphatic rings. The van der Waals surface area contributed by atoms with E-state index in [9.17, 15) is 9.18 Å². The van der Waals surface area contributed by atoms with E-state index in [1.165, 1.54) is 6.07 Å². The number of hydrogen-bond donors (Lipinski definition) is 1. The van der Waals surface area contributed by atoms with Crippen molar-refractivity contribution in [2.75, 3.05) is 0 Å². The van der Waals surface area contributed by atoms with Gasteiger partial charge >= 0.3 is 0 Å². The zero-order chi connectivity index (χ0) is 12.4. The molecule has 86 valence electrons. The first-order valence-corrected chi connectivity index (χ1v) is 5.73. The molecule has 0 saturated heterocycles. The summed E-state index contributed by atoms with van der Waals surface area (Å²) in [5.41, 5.74) is 6.65. The molecule has 0 saturated carbocycles. The predicted molar refractivity (Wildman–Crippen MR) is 68.1 cm³/mol. The molecule has 0 fully saturated rings. The molecule has 1 amide bonds. The van der Waals surface area contributed by atoms with E-state index in [1.807, 2.05) is 0 Å². The Morgan fingerprint density at radius 3 is 2.53 bits per heavy atom. The fraction of sp³-hybridized carbons (Fsp3) is 0. The summed E-state index contributed by atoms with van der Waals surface area (Å²) in [6, 6.07) is 11.4. The van der Waals surface area contributed by atoms with E-state index < -0.39 is 5.91 Å². The molecule has 2 rings (SSSR count). The van der Waals surface area contributed by atoms with E-state index in [0.29, 0.717) is 21.2 Å². The third-order valence-electron chi connectivity index (χ3n) is 2.42. The molecule has 2 aromatic carbocycles. The van der Waals surface area contributed by atoms with Crippen LogP contribution in [0.5, 0.6) is 0 Å². The summed E-state index contributed by atoms with van der Waals surface area (Å²) in [5, 5.41) is 0. The van der Waals surface area contributed by atoms with Gasteiger partial charge in [-0.3, -0.25) is 4.79 Å². The zero-order valence-corrected chi connectivity index (χ0v) is 10.4. The second kappa shape index (κ2) is 4.67. The molecule has 0 heterocycles. The summed E-state index contributed by atoms with van der Waals surface area (Å²) < 4.78 is 14.2. The van der Waals surface area contributed by atoms with Gasteiger partial charge in [0.25, 0.3) is 0 Å². The molecular formula is C13H9BrFNO. The third-order valence-corrected chi connectivity index (χ3v) is 3.11. The first-order chi connectivity index (χ1) is 8.09. The number of carbonyl (C=O) groups is 1. The smallest absolute Gasteiger partial charge is 0.249 e. The number of benzene rings is 2. The SMILES string of the molecule is NC(=O)c1cc(-c2ccccc2F)ccc1Br. The van der Waals surface area contributed by atoms with Gasteiger partial charge in [-0.05, 0) is 39.7 Å². The molecular weight excluding hydrogens is 285 g/mol. The summed E-state index contributed by atoms with van der Waals surface area (Å²) in [5.74, 6) is -0.875. The van der Waals surface area contributed by atoms with Crippen LogP contribution < -0.4 is 5.73 Å². The van der Waals surface area contributed by atoms with Crippen LogP contribution in [0.15, 0.2) is 46.9 Å². The van der Waals surface area contributed by atoms with E-state index in [-0.39, 0.29) is 5.82 Å². The normalized spacial score (nSPS) is 10.2. The van der Waals surface area contributed by atoms with Crippen LogP contribution in [0.4, 0.5) is 4.39 Å². The lowest BCUT2D eigenvalue weighted by Gasteiger charge is -2.06. The lowest BCUT2D eigenvalue weighted by atomic mass is 10.0. The van der Waals surface area contributed by atoms with Crippen molar-refractivity contribution < 1.29 is 9.18 Å². The fourth-order valence-corrected chi connectivity index (χ4v) is 2.02. The highest BCUT2D eigenvalue weighted by Gasteiger charge is 2.10. The van der Waals surface area contributed by atoms with Crippen LogP contribution >= 0.6 is 15.9 Å². The van der Waals surface area contributed by atoms with Crippen molar-refractivity contribution in [1.82, 2.24) is 0 Å². The van der Waals surface area contributed by atoms with Crippen LogP contribution in [-0.4, -0.2) is 5.91 Å². The summed E-state index contributed by atoms with van der Waals surface area (Å²) in [7, 11) is 0. The Hall–Kier alpha value is -1.68. The minimum Gasteiger partial charge on any atom is -0.366 e. The standard InChI is InChI=1S/C13H9BrFNO/c14-11-6-5-8(7-10(11)13(16)17)9-3-1-2-4-12(9)15/h1-7H,(H2,16,17). The van der Waals surface area contributed by atoms with E-state index >= 15 is 0 Å². The van der Waals surface area contributed by atoms with Gasteiger partial charge in [-0.1, -0.05) is 24.3 Å². The highest BCUT2D eigenvalue weighted by atomic mass is 79.9. The molecule has 0 bridgehead atoms. The molecule has 0 radical (unpaired) electrons. The number of amides is 1. The molecule has 4 heteroatoms. The van der Waals surface area contributed by atoms with Gasteiger partial charge in [0, 0.05) is 10.0 Å². The Labute approximate surface area is 106 Å². The molecule has 0 aliphatic heterocycles. The molecule has 0 atom stereocenters. The lowest BCUT2D eigenvalue weighted by Crippen LogP contribution is -2.11. The maximum atomic E-state index is 13.6. The lowest BCUT2D eigenvalue weighted by molar-refractivity contribution is 0.0999. The number of nitrogens with two attached hydrogens (primary N) is 1. The summed E-state index contributed by atoms with van der Waals surface area (Å²) in [6.07, 6.45) is 0. The third kappa shape index (κ3) is 2.36. The molecule has 0 aliphatic carbocycles. The Morgan fingerprint density at radius 2 is 1.88 bits per heavy atom. The van der Waals surface area contributed by atoms with Crippen LogP contribution in [0.3, 0.4) is 0 Å². The number of halogens is 2. The van der Waals surface area contributed by atoms with Crippen molar-refractivity contribution in [3.05, 3.63) is 58.3 Å². The number of hydrogen-bond acceptors (Lipinski definition) is 1. The number of primary amides is 1. The van der Waals surface area contributed by atoms with E-state index in [0.717, 1.165) is 0 Å². The van der Waals surface area contributed by atoms with Gasteiger partial charge in [0.1, 0.15) is 5.82 Å². The zero-order valence-electron chi connectivity index (χ0n) is 8.78. The van der Waals surface area contributed by atoms with Crippen molar-refractivity contribution in [3.8, 4) is 11.1 Å². The molecule has 0 spiro atoms. The monoisotopic (exact) mass is 293 g/mol. The molecule has 0 unspecified atom stereocenters. The first kappa shape index (κ1) is 11.8. The average molecular weight is 294 g/mol. The average Bonchev–Trinajstić information content (AvgIpc) is 2.30. The topological polar surface area (TPSA) is 43.1 Å². The number of carbonyl (C=O) groups excluding carboxylic acids is 1. The highest BCUT2D eigenvalue weighted by molar-refractivity contribution is 9.10. The van der Waals surface area contributed by atoms with Crippen LogP contribution in [0.1, 0.15) is 10.4 Å². The van der Waals surface area contributed by atoms with Crippen LogP contribution in [0.25, 0.3) is 11.1 Å². The molecule has 0 aromatic heterocycles. The van der Waals surface area contributed by atoms with Crippen molar-refractivity contribution in [1.29, 1.82) is 0 Å². The minimum atomic E-state index is -0.546. The second-order valence-electron chi connectivity index (χ2n) is 3.54. The van der Waals surface area contributed by atoms with Crippen LogP contribution in [0, 0.1) is 5.82 Å². The Morgan fingerprint density at radius 1 is 1.18 bits per heavy atom. The Kier molecular flexibility index (Phi) is 3.24. The van der Waals surface area contributed by atoms with Crippen molar-refractivity contribution in [2.45, 2.75) is 0 Å². The minimum absolute atomic E-state index is 0.328. The summed E-state index contributed by atoms with van der Waals surface area (Å²) in [6.45, 7) is 0. The highest BCUT2D eigenvalue weighted by Crippen LogP contribution is 2.27. The summed E-state index contributed by atoms with van der Waals surface area (Å²) >= 11 is 3.23. The fourth-order valence-electron chi connectivity index (χ4n) is 1.58. The predicted octanol–water partition coefficient (Wildman–Crippen LogP) is 3.35. The van der Waals surface area contributed by atoms with E-state index in [2.05, 4.69) is 15.9 Å². The van der Waals surface area contributed by atoms with Gasteiger partial charge in [-0.2, -0.15) is 0 Å². The van der Waals surface area contributed by atoms with Gasteiger partial charge in [0.15, 0.2) is 0 Å². The van der Waals surface area contributed by atoms with Crippen LogP contribution in [-0.2, 0) is 0 Å². The largest absolute Gasteiger partial charge is 0.366 e. The van der Waals surface area contributed by atoms with Gasteiger partial charge in [-0.25, -0.2) is 4.39 Å². The van der Waals surface area contributed by atoms with Gasteiger partial charge in [0.2, 0.25) is 5.91 Å². The van der Waals surface area contributed by atoms with Crippen molar-refractivity contribution in [3.63, 3.8) is 0 Å². The first-order valence-electron chi connectivity index (χ1n) is 4.94. The van der Waals surface area contributed by atoms with Gasteiger partial charge < -0.3 is 5.73 Å². The molecule has 2 N–H and O–H groups in total. The Bertz CT molecular complexity index is 583. The molecule has 17 heavy (non-hydrogen) atoms. The van der Waals surface area contributed by atoms with Crippen molar-refractivity contribution >= 4 is 21.8 Å². The Balaban J connectivity index is 2.58. The molecule has 2 nitrogen and oxygen atoms in total. The second-order valence-corrected chi connectivity index (χ2v) is 4.39. The number of rotatable bonds is 2. The van der Waals surface area contributed by atoms with Crippen molar-refractivity contribution in [2.24, 2.45) is 5.73 Å². The summed E-state index contributed by atoms with van der Waals surface area (Å²) in [4.78, 5) is 11.2. The van der Waals surface area contributed by atoms with E-state index in [4.69, 9.17) is 5.73 Å². The van der Waals surface area contributed by atoms with E-state index in [1.54, 1.807) is 36.4 Å².